The average Bonchev–Trinajstić information content (AvgIpc) is 2.85. The first kappa shape index (κ1) is 15.6. The predicted octanol–water partition coefficient (Wildman–Crippen LogP) is 4.86. The van der Waals surface area contributed by atoms with E-state index in [1.54, 1.807) is 0 Å². The molecule has 1 unspecified atom stereocenters. The number of hydrogen-bond acceptors (Lipinski definition) is 2. The molecule has 2 heterocycles. The lowest BCUT2D eigenvalue weighted by Crippen LogP contribution is -2.18. The normalized spacial score (nSPS) is 12.3. The molecule has 0 aliphatic rings. The third-order valence-electron chi connectivity index (χ3n) is 4.09. The molecule has 3 aromatic rings. The third-order valence-corrected chi connectivity index (χ3v) is 4.32. The van der Waals surface area contributed by atoms with Crippen LogP contribution in [0.4, 0.5) is 0 Å². The fourth-order valence-electron chi connectivity index (χ4n) is 2.74. The van der Waals surface area contributed by atoms with Gasteiger partial charge in [0, 0.05) is 29.2 Å². The Bertz CT molecular complexity index is 862. The summed E-state index contributed by atoms with van der Waals surface area (Å²) in [4.78, 5) is 4.47. The Morgan fingerprint density at radius 1 is 1.26 bits per heavy atom. The van der Waals surface area contributed by atoms with Crippen molar-refractivity contribution in [2.45, 2.75) is 19.9 Å². The molecule has 23 heavy (non-hydrogen) atoms. The van der Waals surface area contributed by atoms with Crippen molar-refractivity contribution in [2.24, 2.45) is 7.05 Å². The molecule has 0 amide bonds. The molecule has 0 saturated carbocycles. The van der Waals surface area contributed by atoms with Crippen molar-refractivity contribution >= 4 is 28.2 Å². The molecule has 0 saturated heterocycles. The van der Waals surface area contributed by atoms with Gasteiger partial charge in [-0.3, -0.25) is 4.98 Å². The van der Waals surface area contributed by atoms with Crippen LogP contribution in [0, 0.1) is 6.92 Å². The third kappa shape index (κ3) is 3.10. The van der Waals surface area contributed by atoms with Gasteiger partial charge in [0.15, 0.2) is 0 Å². The Labute approximate surface area is 141 Å². The van der Waals surface area contributed by atoms with E-state index in [0.717, 1.165) is 38.6 Å². The second kappa shape index (κ2) is 6.09. The van der Waals surface area contributed by atoms with Crippen LogP contribution < -0.4 is 5.32 Å². The van der Waals surface area contributed by atoms with Gasteiger partial charge in [-0.1, -0.05) is 30.3 Å². The minimum absolute atomic E-state index is 0.0877. The second-order valence-electron chi connectivity index (χ2n) is 5.90. The Morgan fingerprint density at radius 2 is 2.04 bits per heavy atom. The maximum Gasteiger partial charge on any atom is 0.0657 e. The highest BCUT2D eigenvalue weighted by atomic mass is 35.5. The molecule has 1 N–H and O–H groups in total. The van der Waals surface area contributed by atoms with E-state index in [-0.39, 0.29) is 6.04 Å². The summed E-state index contributed by atoms with van der Waals surface area (Å²) in [5, 5.41) is 5.32. The van der Waals surface area contributed by atoms with Crippen molar-refractivity contribution in [1.29, 1.82) is 0 Å². The van der Waals surface area contributed by atoms with Gasteiger partial charge in [-0.2, -0.15) is 0 Å². The van der Waals surface area contributed by atoms with Crippen LogP contribution in [-0.2, 0) is 7.05 Å². The number of nitrogens with zero attached hydrogens (tertiary/aromatic N) is 2. The van der Waals surface area contributed by atoms with Gasteiger partial charge in [-0.25, -0.2) is 0 Å². The van der Waals surface area contributed by atoms with E-state index in [2.05, 4.69) is 40.5 Å². The summed E-state index contributed by atoms with van der Waals surface area (Å²) in [5.41, 5.74) is 5.16. The zero-order valence-corrected chi connectivity index (χ0v) is 14.4. The Balaban J connectivity index is 1.85. The molecule has 0 bridgehead atoms. The molecule has 118 valence electrons. The van der Waals surface area contributed by atoms with Gasteiger partial charge < -0.3 is 9.88 Å². The minimum atomic E-state index is 0.0877. The van der Waals surface area contributed by atoms with Gasteiger partial charge in [0.05, 0.1) is 23.1 Å². The smallest absolute Gasteiger partial charge is 0.0657 e. The number of aryl methyl sites for hydroxylation is 2. The number of fused-ring (bicyclic) bond motifs is 1. The maximum absolute atomic E-state index is 6.10. The summed E-state index contributed by atoms with van der Waals surface area (Å²) >= 11 is 6.10. The first-order chi connectivity index (χ1) is 11.0. The number of halogens is 1. The second-order valence-corrected chi connectivity index (χ2v) is 6.33. The van der Waals surface area contributed by atoms with E-state index < -0.39 is 0 Å². The van der Waals surface area contributed by atoms with Crippen LogP contribution in [0.1, 0.15) is 29.9 Å². The first-order valence-electron chi connectivity index (χ1n) is 7.59. The number of rotatable bonds is 4. The number of aromatic nitrogens is 2. The zero-order valence-electron chi connectivity index (χ0n) is 13.6. The highest BCUT2D eigenvalue weighted by Gasteiger charge is 2.13. The summed E-state index contributed by atoms with van der Waals surface area (Å²) < 4.78 is 2.10. The molecular weight excluding hydrogens is 306 g/mol. The van der Waals surface area contributed by atoms with Crippen LogP contribution in [-0.4, -0.2) is 9.55 Å². The number of hydrogen-bond donors (Lipinski definition) is 1. The SMILES string of the molecule is C=C(NC(C)c1ccc(C)cn1)c1cc2ccc(Cl)cc2n1C. The van der Waals surface area contributed by atoms with Crippen LogP contribution >= 0.6 is 11.6 Å². The predicted molar refractivity (Wildman–Crippen MR) is 97.5 cm³/mol. The topological polar surface area (TPSA) is 29.9 Å². The van der Waals surface area contributed by atoms with E-state index in [9.17, 15) is 0 Å². The standard InChI is InChI=1S/C19H20ClN3/c1-12-5-8-17(21-11-12)13(2)22-14(3)18-9-15-6-7-16(20)10-19(15)23(18)4/h5-11,13,22H,3H2,1-2,4H3. The van der Waals surface area contributed by atoms with Crippen molar-refractivity contribution in [3.8, 4) is 0 Å². The minimum Gasteiger partial charge on any atom is -0.376 e. The number of benzene rings is 1. The van der Waals surface area contributed by atoms with Gasteiger partial charge in [0.25, 0.3) is 0 Å². The number of pyridine rings is 1. The first-order valence-corrected chi connectivity index (χ1v) is 7.97. The lowest BCUT2D eigenvalue weighted by Gasteiger charge is -2.17. The molecule has 3 rings (SSSR count). The maximum atomic E-state index is 6.10. The fourth-order valence-corrected chi connectivity index (χ4v) is 2.90. The average molecular weight is 326 g/mol. The Kier molecular flexibility index (Phi) is 4.14. The largest absolute Gasteiger partial charge is 0.376 e. The highest BCUT2D eigenvalue weighted by molar-refractivity contribution is 6.31. The van der Waals surface area contributed by atoms with Crippen molar-refractivity contribution in [1.82, 2.24) is 14.9 Å². The summed E-state index contributed by atoms with van der Waals surface area (Å²) in [5.74, 6) is 0. The van der Waals surface area contributed by atoms with Gasteiger partial charge in [-0.05, 0) is 43.7 Å². The summed E-state index contributed by atoms with van der Waals surface area (Å²) in [6.45, 7) is 8.32. The zero-order chi connectivity index (χ0) is 16.6. The molecule has 3 nitrogen and oxygen atoms in total. The summed E-state index contributed by atoms with van der Waals surface area (Å²) in [7, 11) is 2.02. The highest BCUT2D eigenvalue weighted by Crippen LogP contribution is 2.26. The molecule has 0 aliphatic carbocycles. The molecule has 2 aromatic heterocycles. The van der Waals surface area contributed by atoms with E-state index in [4.69, 9.17) is 11.6 Å². The molecule has 1 aromatic carbocycles. The lowest BCUT2D eigenvalue weighted by atomic mass is 10.1. The van der Waals surface area contributed by atoms with Crippen LogP contribution in [0.3, 0.4) is 0 Å². The van der Waals surface area contributed by atoms with Crippen LogP contribution in [0.2, 0.25) is 5.02 Å². The van der Waals surface area contributed by atoms with E-state index >= 15 is 0 Å². The number of nitrogens with one attached hydrogen (secondary N) is 1. The van der Waals surface area contributed by atoms with Crippen molar-refractivity contribution < 1.29 is 0 Å². The van der Waals surface area contributed by atoms with Crippen LogP contribution in [0.25, 0.3) is 16.6 Å². The van der Waals surface area contributed by atoms with Gasteiger partial charge >= 0.3 is 0 Å². The Hall–Kier alpha value is -2.26. The lowest BCUT2D eigenvalue weighted by molar-refractivity contribution is 0.672. The van der Waals surface area contributed by atoms with Crippen molar-refractivity contribution in [3.63, 3.8) is 0 Å². The molecule has 0 spiro atoms. The van der Waals surface area contributed by atoms with Gasteiger partial charge in [0.2, 0.25) is 0 Å². The Morgan fingerprint density at radius 3 is 2.74 bits per heavy atom. The van der Waals surface area contributed by atoms with Crippen molar-refractivity contribution in [3.05, 3.63) is 71.1 Å². The molecular formula is C19H20ClN3. The summed E-state index contributed by atoms with van der Waals surface area (Å²) in [6, 6.07) is 12.2. The monoisotopic (exact) mass is 325 g/mol. The summed E-state index contributed by atoms with van der Waals surface area (Å²) in [6.07, 6.45) is 1.88. The van der Waals surface area contributed by atoms with E-state index in [0.29, 0.717) is 0 Å². The molecule has 0 aliphatic heterocycles. The van der Waals surface area contributed by atoms with Crippen molar-refractivity contribution in [2.75, 3.05) is 0 Å². The molecule has 0 fully saturated rings. The van der Waals surface area contributed by atoms with Crippen LogP contribution in [0.15, 0.2) is 49.2 Å². The van der Waals surface area contributed by atoms with E-state index in [1.807, 2.05) is 44.4 Å². The molecule has 0 radical (unpaired) electrons. The fraction of sp³-hybridized carbons (Fsp3) is 0.211. The van der Waals surface area contributed by atoms with E-state index in [1.165, 1.54) is 0 Å². The molecule has 1 atom stereocenters. The quantitative estimate of drug-likeness (QED) is 0.742. The molecule has 4 heteroatoms. The van der Waals surface area contributed by atoms with Gasteiger partial charge in [0.1, 0.15) is 0 Å². The van der Waals surface area contributed by atoms with Crippen LogP contribution in [0.5, 0.6) is 0 Å². The van der Waals surface area contributed by atoms with Gasteiger partial charge in [-0.15, -0.1) is 0 Å².